The van der Waals surface area contributed by atoms with Crippen LogP contribution in [0.15, 0.2) is 34.7 Å². The van der Waals surface area contributed by atoms with Crippen LogP contribution in [0.25, 0.3) is 0 Å². The Morgan fingerprint density at radius 3 is 2.68 bits per heavy atom. The SMILES string of the molecule is CCc1ccc(C(Cc2cc(Cl)ccc2Cl)NN)o1. The zero-order valence-electron chi connectivity index (χ0n) is 10.6. The lowest BCUT2D eigenvalue weighted by Gasteiger charge is -2.14. The molecular weight excluding hydrogens is 283 g/mol. The second-order valence-corrected chi connectivity index (χ2v) is 5.16. The first-order valence-electron chi connectivity index (χ1n) is 6.12. The van der Waals surface area contributed by atoms with Crippen LogP contribution < -0.4 is 11.3 Å². The highest BCUT2D eigenvalue weighted by atomic mass is 35.5. The largest absolute Gasteiger partial charge is 0.464 e. The number of hydrazine groups is 1. The number of nitrogens with one attached hydrogen (secondary N) is 1. The van der Waals surface area contributed by atoms with Crippen molar-refractivity contribution in [1.82, 2.24) is 5.43 Å². The summed E-state index contributed by atoms with van der Waals surface area (Å²) < 4.78 is 5.71. The molecule has 0 saturated heterocycles. The van der Waals surface area contributed by atoms with Crippen LogP contribution in [0.5, 0.6) is 0 Å². The van der Waals surface area contributed by atoms with Gasteiger partial charge in [-0.2, -0.15) is 0 Å². The normalized spacial score (nSPS) is 12.6. The third-order valence-electron chi connectivity index (χ3n) is 3.01. The number of hydrogen-bond acceptors (Lipinski definition) is 3. The van der Waals surface area contributed by atoms with E-state index in [9.17, 15) is 0 Å². The summed E-state index contributed by atoms with van der Waals surface area (Å²) in [5, 5.41) is 1.33. The fourth-order valence-electron chi connectivity index (χ4n) is 1.93. The van der Waals surface area contributed by atoms with Crippen LogP contribution in [0.4, 0.5) is 0 Å². The molecule has 1 atom stereocenters. The minimum atomic E-state index is -0.128. The lowest BCUT2D eigenvalue weighted by atomic mass is 10.0. The van der Waals surface area contributed by atoms with Crippen molar-refractivity contribution in [1.29, 1.82) is 0 Å². The van der Waals surface area contributed by atoms with E-state index in [0.29, 0.717) is 16.5 Å². The minimum absolute atomic E-state index is 0.128. The number of furan rings is 1. The highest BCUT2D eigenvalue weighted by Crippen LogP contribution is 2.26. The van der Waals surface area contributed by atoms with E-state index in [2.05, 4.69) is 5.43 Å². The molecule has 102 valence electrons. The number of nitrogens with two attached hydrogens (primary N) is 1. The van der Waals surface area contributed by atoms with E-state index < -0.39 is 0 Å². The summed E-state index contributed by atoms with van der Waals surface area (Å²) in [4.78, 5) is 0. The monoisotopic (exact) mass is 298 g/mol. The fourth-order valence-corrected chi connectivity index (χ4v) is 2.32. The van der Waals surface area contributed by atoms with Crippen LogP contribution in [0.2, 0.25) is 10.0 Å². The summed E-state index contributed by atoms with van der Waals surface area (Å²) in [5.41, 5.74) is 3.69. The molecular formula is C14H16Cl2N2O. The second kappa shape index (κ2) is 6.44. The summed E-state index contributed by atoms with van der Waals surface area (Å²) in [6.07, 6.45) is 1.47. The average Bonchev–Trinajstić information content (AvgIpc) is 2.88. The average molecular weight is 299 g/mol. The number of rotatable bonds is 5. The Balaban J connectivity index is 2.21. The van der Waals surface area contributed by atoms with Crippen molar-refractivity contribution in [3.63, 3.8) is 0 Å². The lowest BCUT2D eigenvalue weighted by Crippen LogP contribution is -2.29. The molecule has 0 spiro atoms. The Bertz CT molecular complexity index is 554. The first kappa shape index (κ1) is 14.4. The predicted molar refractivity (Wildman–Crippen MR) is 78.3 cm³/mol. The van der Waals surface area contributed by atoms with Crippen LogP contribution in [0, 0.1) is 0 Å². The van der Waals surface area contributed by atoms with Gasteiger partial charge in [0.1, 0.15) is 11.5 Å². The van der Waals surface area contributed by atoms with E-state index in [-0.39, 0.29) is 6.04 Å². The van der Waals surface area contributed by atoms with Crippen LogP contribution in [0.3, 0.4) is 0 Å². The van der Waals surface area contributed by atoms with E-state index in [1.54, 1.807) is 12.1 Å². The quantitative estimate of drug-likeness (QED) is 0.650. The van der Waals surface area contributed by atoms with Crippen LogP contribution in [-0.2, 0) is 12.8 Å². The molecule has 3 nitrogen and oxygen atoms in total. The van der Waals surface area contributed by atoms with Gasteiger partial charge in [-0.1, -0.05) is 30.1 Å². The van der Waals surface area contributed by atoms with Gasteiger partial charge in [-0.15, -0.1) is 0 Å². The molecule has 0 aliphatic carbocycles. The highest BCUT2D eigenvalue weighted by Gasteiger charge is 2.16. The number of aryl methyl sites for hydroxylation is 1. The van der Waals surface area contributed by atoms with Gasteiger partial charge < -0.3 is 4.42 Å². The first-order valence-corrected chi connectivity index (χ1v) is 6.88. The van der Waals surface area contributed by atoms with Crippen molar-refractivity contribution in [2.45, 2.75) is 25.8 Å². The molecule has 3 N–H and O–H groups in total. The minimum Gasteiger partial charge on any atom is -0.464 e. The zero-order chi connectivity index (χ0) is 13.8. The molecule has 19 heavy (non-hydrogen) atoms. The number of hydrogen-bond donors (Lipinski definition) is 2. The Hall–Kier alpha value is -1.00. The Morgan fingerprint density at radius 2 is 2.05 bits per heavy atom. The Labute approximate surface area is 122 Å². The van der Waals surface area contributed by atoms with Crippen molar-refractivity contribution < 1.29 is 4.42 Å². The van der Waals surface area contributed by atoms with Gasteiger partial charge in [0.05, 0.1) is 6.04 Å². The summed E-state index contributed by atoms with van der Waals surface area (Å²) in [5.74, 6) is 7.34. The maximum Gasteiger partial charge on any atom is 0.122 e. The van der Waals surface area contributed by atoms with Gasteiger partial charge in [0, 0.05) is 16.5 Å². The topological polar surface area (TPSA) is 51.2 Å². The van der Waals surface area contributed by atoms with Crippen molar-refractivity contribution in [2.75, 3.05) is 0 Å². The van der Waals surface area contributed by atoms with Gasteiger partial charge in [-0.05, 0) is 42.3 Å². The molecule has 1 aromatic carbocycles. The molecule has 2 rings (SSSR count). The van der Waals surface area contributed by atoms with Crippen molar-refractivity contribution in [3.05, 3.63) is 57.5 Å². The lowest BCUT2D eigenvalue weighted by molar-refractivity contribution is 0.396. The highest BCUT2D eigenvalue weighted by molar-refractivity contribution is 6.33. The van der Waals surface area contributed by atoms with E-state index in [1.807, 2.05) is 25.1 Å². The van der Waals surface area contributed by atoms with Crippen LogP contribution >= 0.6 is 23.2 Å². The maximum atomic E-state index is 6.16. The fraction of sp³-hybridized carbons (Fsp3) is 0.286. The molecule has 0 aliphatic rings. The molecule has 0 radical (unpaired) electrons. The van der Waals surface area contributed by atoms with Gasteiger partial charge >= 0.3 is 0 Å². The predicted octanol–water partition coefficient (Wildman–Crippen LogP) is 3.90. The van der Waals surface area contributed by atoms with Gasteiger partial charge in [-0.25, -0.2) is 5.43 Å². The van der Waals surface area contributed by atoms with Crippen molar-refractivity contribution >= 4 is 23.2 Å². The van der Waals surface area contributed by atoms with E-state index >= 15 is 0 Å². The summed E-state index contributed by atoms with van der Waals surface area (Å²) >= 11 is 12.1. The smallest absolute Gasteiger partial charge is 0.122 e. The molecule has 1 aromatic heterocycles. The van der Waals surface area contributed by atoms with Crippen LogP contribution in [0.1, 0.15) is 30.0 Å². The van der Waals surface area contributed by atoms with Gasteiger partial charge in [-0.3, -0.25) is 5.84 Å². The standard InChI is InChI=1S/C14H16Cl2N2O/c1-2-11-4-6-14(19-11)13(18-17)8-9-7-10(15)3-5-12(9)16/h3-7,13,18H,2,8,17H2,1H3. The second-order valence-electron chi connectivity index (χ2n) is 4.32. The molecule has 0 saturated carbocycles. The third-order valence-corrected chi connectivity index (χ3v) is 3.61. The summed E-state index contributed by atoms with van der Waals surface area (Å²) in [6, 6.07) is 9.15. The molecule has 0 amide bonds. The molecule has 1 unspecified atom stereocenters. The van der Waals surface area contributed by atoms with Crippen molar-refractivity contribution in [2.24, 2.45) is 5.84 Å². The maximum absolute atomic E-state index is 6.16. The van der Waals surface area contributed by atoms with Gasteiger partial charge in [0.25, 0.3) is 0 Å². The summed E-state index contributed by atoms with van der Waals surface area (Å²) in [7, 11) is 0. The Morgan fingerprint density at radius 1 is 1.26 bits per heavy atom. The molecule has 1 heterocycles. The van der Waals surface area contributed by atoms with Gasteiger partial charge in [0.15, 0.2) is 0 Å². The van der Waals surface area contributed by atoms with Gasteiger partial charge in [0.2, 0.25) is 0 Å². The molecule has 2 aromatic rings. The number of benzene rings is 1. The van der Waals surface area contributed by atoms with E-state index in [1.165, 1.54) is 0 Å². The molecule has 0 fully saturated rings. The first-order chi connectivity index (χ1) is 9.13. The van der Waals surface area contributed by atoms with Crippen LogP contribution in [-0.4, -0.2) is 0 Å². The van der Waals surface area contributed by atoms with E-state index in [0.717, 1.165) is 23.5 Å². The summed E-state index contributed by atoms with van der Waals surface area (Å²) in [6.45, 7) is 2.04. The molecule has 0 aliphatic heterocycles. The van der Waals surface area contributed by atoms with E-state index in [4.69, 9.17) is 33.5 Å². The Kier molecular flexibility index (Phi) is 4.88. The van der Waals surface area contributed by atoms with Crippen molar-refractivity contribution in [3.8, 4) is 0 Å². The molecule has 5 heteroatoms. The third kappa shape index (κ3) is 3.51. The number of halogens is 2. The molecule has 0 bridgehead atoms. The zero-order valence-corrected chi connectivity index (χ0v) is 12.1.